The van der Waals surface area contributed by atoms with Gasteiger partial charge in [0.25, 0.3) is 0 Å². The Labute approximate surface area is 141 Å². The molecular formula is C18H12Br2N. The second kappa shape index (κ2) is 6.48. The van der Waals surface area contributed by atoms with Gasteiger partial charge in [-0.25, -0.2) is 0 Å². The van der Waals surface area contributed by atoms with Gasteiger partial charge in [0.2, 0.25) is 0 Å². The third kappa shape index (κ3) is 3.38. The summed E-state index contributed by atoms with van der Waals surface area (Å²) in [6.45, 7) is 0. The van der Waals surface area contributed by atoms with E-state index in [2.05, 4.69) is 104 Å². The van der Waals surface area contributed by atoms with Crippen LogP contribution in [-0.2, 0) is 0 Å². The highest BCUT2D eigenvalue weighted by Crippen LogP contribution is 2.33. The van der Waals surface area contributed by atoms with E-state index in [-0.39, 0.29) is 0 Å². The summed E-state index contributed by atoms with van der Waals surface area (Å²) in [6, 6.07) is 16.6. The lowest BCUT2D eigenvalue weighted by molar-refractivity contribution is 1.17. The van der Waals surface area contributed by atoms with Gasteiger partial charge in [-0.05, 0) is 66.8 Å². The Bertz CT molecular complexity index is 675. The predicted molar refractivity (Wildman–Crippen MR) is 95.5 cm³/mol. The highest BCUT2D eigenvalue weighted by atomic mass is 79.9. The Hall–Kier alpha value is -1.54. The molecule has 0 heterocycles. The van der Waals surface area contributed by atoms with E-state index in [1.807, 2.05) is 12.2 Å². The predicted octanol–water partition coefficient (Wildman–Crippen LogP) is 6.16. The first-order chi connectivity index (χ1) is 10.2. The number of halogens is 2. The largest absolute Gasteiger partial charge is 0.314 e. The molecule has 0 unspecified atom stereocenters. The van der Waals surface area contributed by atoms with E-state index in [1.54, 1.807) is 0 Å². The Morgan fingerprint density at radius 3 is 1.67 bits per heavy atom. The maximum Gasteiger partial charge on any atom is 0.0459 e. The van der Waals surface area contributed by atoms with Crippen molar-refractivity contribution in [2.75, 3.05) is 4.90 Å². The van der Waals surface area contributed by atoms with Crippen molar-refractivity contribution in [2.24, 2.45) is 0 Å². The zero-order valence-corrected chi connectivity index (χ0v) is 14.3. The van der Waals surface area contributed by atoms with E-state index in [4.69, 9.17) is 0 Å². The van der Waals surface area contributed by atoms with E-state index in [1.165, 1.54) is 0 Å². The SMILES string of the molecule is Brc1ccc(N(C2=CC=C=C[CH]2)c2ccc(Br)cc2)cc1. The lowest BCUT2D eigenvalue weighted by Crippen LogP contribution is -2.16. The van der Waals surface area contributed by atoms with E-state index in [0.717, 1.165) is 26.0 Å². The minimum absolute atomic E-state index is 1.07. The van der Waals surface area contributed by atoms with Gasteiger partial charge in [-0.3, -0.25) is 0 Å². The molecule has 0 saturated carbocycles. The Kier molecular flexibility index (Phi) is 4.45. The van der Waals surface area contributed by atoms with Gasteiger partial charge in [0.05, 0.1) is 0 Å². The number of allylic oxidation sites excluding steroid dienone is 2. The Morgan fingerprint density at radius 1 is 0.714 bits per heavy atom. The average Bonchev–Trinajstić information content (AvgIpc) is 2.52. The van der Waals surface area contributed by atoms with Gasteiger partial charge in [0.1, 0.15) is 0 Å². The fourth-order valence-electron chi connectivity index (χ4n) is 2.15. The third-order valence-electron chi connectivity index (χ3n) is 3.13. The first-order valence-corrected chi connectivity index (χ1v) is 8.10. The summed E-state index contributed by atoms with van der Waals surface area (Å²) in [7, 11) is 0. The molecule has 0 aliphatic heterocycles. The average molecular weight is 402 g/mol. The smallest absolute Gasteiger partial charge is 0.0459 e. The highest BCUT2D eigenvalue weighted by Gasteiger charge is 2.14. The van der Waals surface area contributed by atoms with Gasteiger partial charge in [0, 0.05) is 32.4 Å². The van der Waals surface area contributed by atoms with Gasteiger partial charge in [-0.15, -0.1) is 5.73 Å². The molecule has 21 heavy (non-hydrogen) atoms. The van der Waals surface area contributed by atoms with Crippen molar-refractivity contribution < 1.29 is 0 Å². The Morgan fingerprint density at radius 2 is 1.24 bits per heavy atom. The van der Waals surface area contributed by atoms with Crippen LogP contribution in [0.4, 0.5) is 11.4 Å². The summed E-state index contributed by atoms with van der Waals surface area (Å²) < 4.78 is 2.15. The topological polar surface area (TPSA) is 3.24 Å². The minimum Gasteiger partial charge on any atom is -0.314 e. The summed E-state index contributed by atoms with van der Waals surface area (Å²) in [5, 5.41) is 0. The van der Waals surface area contributed by atoms with Crippen LogP contribution < -0.4 is 4.90 Å². The maximum absolute atomic E-state index is 3.49. The van der Waals surface area contributed by atoms with Crippen molar-refractivity contribution in [3.8, 4) is 0 Å². The summed E-state index contributed by atoms with van der Waals surface area (Å²) in [4.78, 5) is 2.22. The van der Waals surface area contributed by atoms with Crippen LogP contribution in [0.3, 0.4) is 0 Å². The summed E-state index contributed by atoms with van der Waals surface area (Å²) in [5.74, 6) is 0. The molecule has 1 nitrogen and oxygen atoms in total. The zero-order valence-electron chi connectivity index (χ0n) is 11.1. The molecule has 2 aromatic rings. The first kappa shape index (κ1) is 14.4. The quantitative estimate of drug-likeness (QED) is 0.556. The van der Waals surface area contributed by atoms with Gasteiger partial charge < -0.3 is 4.90 Å². The number of hydrogen-bond donors (Lipinski definition) is 0. The summed E-state index contributed by atoms with van der Waals surface area (Å²) in [6.07, 6.45) is 7.98. The van der Waals surface area contributed by atoms with Crippen molar-refractivity contribution in [3.63, 3.8) is 0 Å². The molecule has 0 spiro atoms. The number of rotatable bonds is 3. The van der Waals surface area contributed by atoms with E-state index in [0.29, 0.717) is 0 Å². The van der Waals surface area contributed by atoms with Crippen LogP contribution in [0.5, 0.6) is 0 Å². The van der Waals surface area contributed by atoms with Gasteiger partial charge in [-0.1, -0.05) is 31.9 Å². The van der Waals surface area contributed by atoms with Gasteiger partial charge >= 0.3 is 0 Å². The molecule has 1 aliphatic carbocycles. The van der Waals surface area contributed by atoms with E-state index in [9.17, 15) is 0 Å². The molecule has 0 amide bonds. The Balaban J connectivity index is 2.06. The van der Waals surface area contributed by atoms with Crippen LogP contribution in [0.1, 0.15) is 0 Å². The fourth-order valence-corrected chi connectivity index (χ4v) is 2.68. The van der Waals surface area contributed by atoms with Crippen LogP contribution >= 0.6 is 31.9 Å². The lowest BCUT2D eigenvalue weighted by atomic mass is 10.1. The molecule has 103 valence electrons. The molecular weight excluding hydrogens is 390 g/mol. The number of anilines is 2. The highest BCUT2D eigenvalue weighted by molar-refractivity contribution is 9.10. The molecule has 0 fully saturated rings. The molecule has 3 rings (SSSR count). The standard InChI is InChI=1S/C18H12Br2N/c19-14-6-10-17(11-7-14)21(16-4-2-1-3-5-16)18-12-8-15(20)9-13-18/h2-13H. The van der Waals surface area contributed by atoms with E-state index >= 15 is 0 Å². The molecule has 1 aliphatic rings. The van der Waals surface area contributed by atoms with Crippen molar-refractivity contribution in [3.05, 3.63) is 93.6 Å². The van der Waals surface area contributed by atoms with Gasteiger partial charge in [0.15, 0.2) is 0 Å². The van der Waals surface area contributed by atoms with Crippen LogP contribution in [0.2, 0.25) is 0 Å². The summed E-state index contributed by atoms with van der Waals surface area (Å²) >= 11 is 6.97. The number of hydrogen-bond acceptors (Lipinski definition) is 1. The number of benzene rings is 2. The first-order valence-electron chi connectivity index (χ1n) is 6.51. The maximum atomic E-state index is 3.49. The van der Waals surface area contributed by atoms with Crippen LogP contribution in [0, 0.1) is 6.42 Å². The lowest BCUT2D eigenvalue weighted by Gasteiger charge is -2.27. The molecule has 0 aromatic heterocycles. The second-order valence-electron chi connectivity index (χ2n) is 4.55. The normalized spacial score (nSPS) is 13.1. The van der Waals surface area contributed by atoms with Crippen molar-refractivity contribution in [1.82, 2.24) is 0 Å². The van der Waals surface area contributed by atoms with Crippen molar-refractivity contribution >= 4 is 43.2 Å². The second-order valence-corrected chi connectivity index (χ2v) is 6.38. The van der Waals surface area contributed by atoms with Crippen molar-refractivity contribution in [2.45, 2.75) is 0 Å². The summed E-state index contributed by atoms with van der Waals surface area (Å²) in [5.41, 5.74) is 6.41. The molecule has 1 radical (unpaired) electrons. The molecule has 0 atom stereocenters. The van der Waals surface area contributed by atoms with Crippen LogP contribution in [-0.4, -0.2) is 0 Å². The third-order valence-corrected chi connectivity index (χ3v) is 4.19. The molecule has 0 N–H and O–H groups in total. The van der Waals surface area contributed by atoms with Crippen molar-refractivity contribution in [1.29, 1.82) is 0 Å². The minimum atomic E-state index is 1.07. The van der Waals surface area contributed by atoms with Crippen LogP contribution in [0.25, 0.3) is 0 Å². The molecule has 0 saturated heterocycles. The molecule has 0 bridgehead atoms. The monoisotopic (exact) mass is 400 g/mol. The zero-order chi connectivity index (χ0) is 14.7. The van der Waals surface area contributed by atoms with Crippen LogP contribution in [0.15, 0.2) is 87.1 Å². The number of nitrogens with zero attached hydrogens (tertiary/aromatic N) is 1. The molecule has 2 aromatic carbocycles. The molecule has 3 heteroatoms. The van der Waals surface area contributed by atoms with Gasteiger partial charge in [-0.2, -0.15) is 0 Å². The van der Waals surface area contributed by atoms with E-state index < -0.39 is 0 Å². The fraction of sp³-hybridized carbons (Fsp3) is 0.